The van der Waals surface area contributed by atoms with E-state index in [2.05, 4.69) is 16.0 Å². The molecule has 0 aliphatic rings. The molecule has 11 heteroatoms. The molecule has 0 radical (unpaired) electrons. The molecule has 3 atom stereocenters. The van der Waals surface area contributed by atoms with Crippen LogP contribution in [0.1, 0.15) is 59.1 Å². The van der Waals surface area contributed by atoms with Crippen LogP contribution in [0.25, 0.3) is 0 Å². The van der Waals surface area contributed by atoms with Crippen molar-refractivity contribution in [2.24, 2.45) is 11.8 Å². The number of hydrazine groups is 1. The number of nitrogens with zero attached hydrogens (tertiary/aromatic N) is 2. The molecule has 0 saturated heterocycles. The number of amides is 4. The summed E-state index contributed by atoms with van der Waals surface area (Å²) in [6.07, 6.45) is 0.810. The Morgan fingerprint density at radius 1 is 0.762 bits per heavy atom. The van der Waals surface area contributed by atoms with E-state index in [-0.39, 0.29) is 42.5 Å². The van der Waals surface area contributed by atoms with Crippen molar-refractivity contribution in [3.63, 3.8) is 0 Å². The fraction of sp³-hybridized carbons (Fsp3) is 0.484. The first-order chi connectivity index (χ1) is 19.8. The Balaban J connectivity index is 2.34. The number of carbonyl (C=O) groups excluding carboxylic acids is 4. The largest absolute Gasteiger partial charge is 0.508 e. The van der Waals surface area contributed by atoms with Gasteiger partial charge in [-0.05, 0) is 47.9 Å². The molecule has 0 fully saturated rings. The quantitative estimate of drug-likeness (QED) is 0.160. The van der Waals surface area contributed by atoms with E-state index < -0.39 is 29.9 Å². The summed E-state index contributed by atoms with van der Waals surface area (Å²) in [6.45, 7) is 10.2. The van der Waals surface area contributed by atoms with Gasteiger partial charge in [0, 0.05) is 33.0 Å². The molecular weight excluding hydrogens is 538 g/mol. The number of nitrogens with one attached hydrogen (secondary N) is 3. The van der Waals surface area contributed by atoms with Crippen molar-refractivity contribution >= 4 is 23.6 Å². The van der Waals surface area contributed by atoms with Crippen molar-refractivity contribution in [1.29, 1.82) is 0 Å². The van der Waals surface area contributed by atoms with E-state index in [0.717, 1.165) is 11.1 Å². The molecule has 230 valence electrons. The summed E-state index contributed by atoms with van der Waals surface area (Å²) in [5.41, 5.74) is 1.70. The van der Waals surface area contributed by atoms with Gasteiger partial charge in [-0.3, -0.25) is 24.4 Å². The highest BCUT2D eigenvalue weighted by molar-refractivity contribution is 5.87. The Morgan fingerprint density at radius 2 is 1.31 bits per heavy atom. The van der Waals surface area contributed by atoms with Crippen molar-refractivity contribution in [2.45, 2.75) is 79.1 Å². The van der Waals surface area contributed by atoms with Crippen LogP contribution in [0.2, 0.25) is 0 Å². The van der Waals surface area contributed by atoms with Crippen LogP contribution in [0.3, 0.4) is 0 Å². The number of aromatic hydroxyl groups is 1. The first kappa shape index (κ1) is 34.2. The van der Waals surface area contributed by atoms with Gasteiger partial charge in [0.05, 0.1) is 0 Å². The molecule has 0 aromatic heterocycles. The Morgan fingerprint density at radius 3 is 1.83 bits per heavy atom. The van der Waals surface area contributed by atoms with Crippen LogP contribution in [0.5, 0.6) is 5.75 Å². The zero-order chi connectivity index (χ0) is 31.4. The second-order valence-corrected chi connectivity index (χ2v) is 11.2. The van der Waals surface area contributed by atoms with Gasteiger partial charge < -0.3 is 21.1 Å². The lowest BCUT2D eigenvalue weighted by Gasteiger charge is -2.34. The maximum absolute atomic E-state index is 13.4. The molecule has 0 spiro atoms. The van der Waals surface area contributed by atoms with E-state index in [1.807, 2.05) is 44.2 Å². The number of hydroxylamine groups is 1. The number of rotatable bonds is 15. The molecule has 0 unspecified atom stereocenters. The van der Waals surface area contributed by atoms with Crippen LogP contribution in [0.4, 0.5) is 0 Å². The zero-order valence-corrected chi connectivity index (χ0v) is 25.3. The molecule has 0 bridgehead atoms. The SMILES string of the molecule is CC(=O)N[C@H](C(=O)N[C@H](CCN(Cc1ccc(O)cc1)N(O)C(=O)[C@@H](NC(C)=O)C(C)C)Cc1ccccc1)C(C)C. The molecule has 0 heterocycles. The van der Waals surface area contributed by atoms with E-state index in [9.17, 15) is 29.5 Å². The lowest BCUT2D eigenvalue weighted by atomic mass is 9.99. The maximum atomic E-state index is 13.4. The second kappa shape index (κ2) is 16.5. The number of hydrogen-bond acceptors (Lipinski definition) is 7. The highest BCUT2D eigenvalue weighted by Crippen LogP contribution is 2.17. The van der Waals surface area contributed by atoms with Crippen molar-refractivity contribution in [3.05, 3.63) is 65.7 Å². The van der Waals surface area contributed by atoms with Crippen molar-refractivity contribution in [2.75, 3.05) is 6.54 Å². The summed E-state index contributed by atoms with van der Waals surface area (Å²) in [7, 11) is 0. The highest BCUT2D eigenvalue weighted by atomic mass is 16.6. The lowest BCUT2D eigenvalue weighted by molar-refractivity contribution is -0.245. The average Bonchev–Trinajstić information content (AvgIpc) is 2.92. The highest BCUT2D eigenvalue weighted by Gasteiger charge is 2.32. The van der Waals surface area contributed by atoms with Gasteiger partial charge in [-0.25, -0.2) is 0 Å². The van der Waals surface area contributed by atoms with E-state index in [1.54, 1.807) is 26.0 Å². The van der Waals surface area contributed by atoms with E-state index in [0.29, 0.717) is 18.0 Å². The zero-order valence-electron chi connectivity index (χ0n) is 25.3. The minimum Gasteiger partial charge on any atom is -0.508 e. The normalized spacial score (nSPS) is 13.4. The molecule has 0 saturated carbocycles. The van der Waals surface area contributed by atoms with Gasteiger partial charge in [0.1, 0.15) is 17.8 Å². The molecular formula is C31H45N5O6. The molecule has 2 aromatic carbocycles. The Hall–Kier alpha value is -3.96. The summed E-state index contributed by atoms with van der Waals surface area (Å²) >= 11 is 0. The molecule has 5 N–H and O–H groups in total. The molecule has 0 aliphatic heterocycles. The number of benzene rings is 2. The van der Waals surface area contributed by atoms with Crippen molar-refractivity contribution < 1.29 is 29.5 Å². The number of phenols is 1. The van der Waals surface area contributed by atoms with Crippen LogP contribution in [0, 0.1) is 11.8 Å². The van der Waals surface area contributed by atoms with Gasteiger partial charge in [-0.15, -0.1) is 5.17 Å². The Kier molecular flexibility index (Phi) is 13.4. The molecule has 11 nitrogen and oxygen atoms in total. The van der Waals surface area contributed by atoms with E-state index in [1.165, 1.54) is 31.0 Å². The second-order valence-electron chi connectivity index (χ2n) is 11.2. The summed E-state index contributed by atoms with van der Waals surface area (Å²) in [5, 5.41) is 31.2. The summed E-state index contributed by atoms with van der Waals surface area (Å²) in [6, 6.07) is 13.9. The van der Waals surface area contributed by atoms with Crippen LogP contribution >= 0.6 is 0 Å². The van der Waals surface area contributed by atoms with Crippen LogP contribution < -0.4 is 16.0 Å². The van der Waals surface area contributed by atoms with E-state index >= 15 is 0 Å². The van der Waals surface area contributed by atoms with Crippen LogP contribution in [-0.2, 0) is 32.1 Å². The van der Waals surface area contributed by atoms with Crippen LogP contribution in [-0.4, -0.2) is 68.8 Å². The fourth-order valence-corrected chi connectivity index (χ4v) is 4.52. The molecule has 0 aliphatic carbocycles. The van der Waals surface area contributed by atoms with Crippen molar-refractivity contribution in [1.82, 2.24) is 26.1 Å². The summed E-state index contributed by atoms with van der Waals surface area (Å²) in [4.78, 5) is 50.2. The Bertz CT molecular complexity index is 1170. The first-order valence-corrected chi connectivity index (χ1v) is 14.2. The smallest absolute Gasteiger partial charge is 0.284 e. The molecule has 2 rings (SSSR count). The maximum Gasteiger partial charge on any atom is 0.284 e. The predicted octanol–water partition coefficient (Wildman–Crippen LogP) is 2.77. The van der Waals surface area contributed by atoms with Gasteiger partial charge in [0.25, 0.3) is 5.91 Å². The topological polar surface area (TPSA) is 151 Å². The van der Waals surface area contributed by atoms with Crippen LogP contribution in [0.15, 0.2) is 54.6 Å². The van der Waals surface area contributed by atoms with E-state index in [4.69, 9.17) is 0 Å². The molecule has 42 heavy (non-hydrogen) atoms. The third kappa shape index (κ3) is 11.1. The number of carbonyl (C=O) groups is 4. The third-order valence-corrected chi connectivity index (χ3v) is 6.77. The lowest BCUT2D eigenvalue weighted by Crippen LogP contribution is -2.56. The third-order valence-electron chi connectivity index (χ3n) is 6.77. The Labute approximate surface area is 248 Å². The van der Waals surface area contributed by atoms with Gasteiger partial charge in [-0.1, -0.05) is 70.2 Å². The predicted molar refractivity (Wildman–Crippen MR) is 159 cm³/mol. The number of phenolic OH excluding ortho intramolecular Hbond substituents is 1. The molecule has 4 amide bonds. The minimum absolute atomic E-state index is 0.0808. The average molecular weight is 584 g/mol. The molecule has 2 aromatic rings. The summed E-state index contributed by atoms with van der Waals surface area (Å²) < 4.78 is 0. The fourth-order valence-electron chi connectivity index (χ4n) is 4.52. The van der Waals surface area contributed by atoms with Gasteiger partial charge in [0.15, 0.2) is 0 Å². The number of hydrogen-bond donors (Lipinski definition) is 5. The summed E-state index contributed by atoms with van der Waals surface area (Å²) in [5.74, 6) is -2.09. The van der Waals surface area contributed by atoms with Crippen molar-refractivity contribution in [3.8, 4) is 5.75 Å². The monoisotopic (exact) mass is 583 g/mol. The van der Waals surface area contributed by atoms with Gasteiger partial charge >= 0.3 is 0 Å². The van der Waals surface area contributed by atoms with Gasteiger partial charge in [-0.2, -0.15) is 5.01 Å². The minimum atomic E-state index is -0.959. The first-order valence-electron chi connectivity index (χ1n) is 14.2. The van der Waals surface area contributed by atoms with Gasteiger partial charge in [0.2, 0.25) is 17.7 Å². The standard InChI is InChI=1S/C31H45N5O6/c1-20(2)28(32-22(5)37)30(40)34-26(18-24-10-8-7-9-11-24)16-17-35(19-25-12-14-27(39)15-13-25)36(42)31(41)29(21(3)4)33-23(6)38/h7-15,20-21,26,28-29,39,42H,16-19H2,1-6H3,(H,32,37)(H,33,38)(H,34,40)/t26-,28+,29+/m1/s1.